The second-order valence-electron chi connectivity index (χ2n) is 3.96. The van der Waals surface area contributed by atoms with Crippen LogP contribution in [0.25, 0.3) is 0 Å². The van der Waals surface area contributed by atoms with Crippen molar-refractivity contribution in [3.8, 4) is 0 Å². The summed E-state index contributed by atoms with van der Waals surface area (Å²) in [6.07, 6.45) is 2.07. The molecule has 0 heterocycles. The summed E-state index contributed by atoms with van der Waals surface area (Å²) in [4.78, 5) is 21.7. The maximum atomic E-state index is 12.9. The maximum absolute atomic E-state index is 12.9. The molecule has 0 fully saturated rings. The molecule has 104 valence electrons. The van der Waals surface area contributed by atoms with Gasteiger partial charge in [0.15, 0.2) is 0 Å². The van der Waals surface area contributed by atoms with Gasteiger partial charge in [0.2, 0.25) is 0 Å². The summed E-state index contributed by atoms with van der Waals surface area (Å²) in [6, 6.07) is 2.82. The highest BCUT2D eigenvalue weighted by Gasteiger charge is 2.20. The van der Waals surface area contributed by atoms with E-state index in [4.69, 9.17) is 5.11 Å². The molecule has 2 N–H and O–H groups in total. The van der Waals surface area contributed by atoms with Crippen molar-refractivity contribution >= 4 is 11.6 Å². The highest BCUT2D eigenvalue weighted by molar-refractivity contribution is 5.98. The number of nitrogens with zero attached hydrogens (tertiary/aromatic N) is 1. The zero-order valence-corrected chi connectivity index (χ0v) is 10.3. The molecule has 0 aliphatic carbocycles. The third-order valence-corrected chi connectivity index (χ3v) is 2.52. The Balaban J connectivity index is 2.64. The number of nitrogens with one attached hydrogen (secondary N) is 1. The van der Waals surface area contributed by atoms with Crippen molar-refractivity contribution < 1.29 is 19.2 Å². The van der Waals surface area contributed by atoms with Crippen LogP contribution >= 0.6 is 0 Å². The average molecular weight is 270 g/mol. The van der Waals surface area contributed by atoms with E-state index in [0.29, 0.717) is 19.4 Å². The van der Waals surface area contributed by atoms with Crippen LogP contribution in [0.5, 0.6) is 0 Å². The van der Waals surface area contributed by atoms with E-state index in [9.17, 15) is 19.3 Å². The summed E-state index contributed by atoms with van der Waals surface area (Å²) in [6.45, 7) is 0.449. The fourth-order valence-corrected chi connectivity index (χ4v) is 1.56. The molecule has 6 nitrogen and oxygen atoms in total. The number of hydrogen-bond donors (Lipinski definition) is 2. The van der Waals surface area contributed by atoms with Crippen molar-refractivity contribution in [3.63, 3.8) is 0 Å². The molecule has 1 amide bonds. The minimum Gasteiger partial charge on any atom is -0.396 e. The maximum Gasteiger partial charge on any atom is 0.285 e. The van der Waals surface area contributed by atoms with Gasteiger partial charge in [-0.1, -0.05) is 0 Å². The number of halogens is 1. The van der Waals surface area contributed by atoms with Crippen LogP contribution in [0.4, 0.5) is 10.1 Å². The summed E-state index contributed by atoms with van der Waals surface area (Å²) < 4.78 is 12.9. The van der Waals surface area contributed by atoms with E-state index in [2.05, 4.69) is 5.32 Å². The zero-order chi connectivity index (χ0) is 14.3. The molecule has 0 spiro atoms. The van der Waals surface area contributed by atoms with E-state index in [1.807, 2.05) is 0 Å². The van der Waals surface area contributed by atoms with Crippen LogP contribution in [0, 0.1) is 15.9 Å². The quantitative estimate of drug-likeness (QED) is 0.447. The number of amides is 1. The first-order valence-electron chi connectivity index (χ1n) is 5.89. The average Bonchev–Trinajstić information content (AvgIpc) is 2.38. The molecule has 1 rings (SSSR count). The molecule has 0 radical (unpaired) electrons. The van der Waals surface area contributed by atoms with Crippen molar-refractivity contribution in [1.82, 2.24) is 5.32 Å². The Morgan fingerprint density at radius 2 is 2.11 bits per heavy atom. The van der Waals surface area contributed by atoms with Gasteiger partial charge in [-0.15, -0.1) is 0 Å². The van der Waals surface area contributed by atoms with E-state index in [0.717, 1.165) is 24.6 Å². The van der Waals surface area contributed by atoms with Crippen molar-refractivity contribution in [1.29, 1.82) is 0 Å². The second kappa shape index (κ2) is 7.42. The largest absolute Gasteiger partial charge is 0.396 e. The minimum absolute atomic E-state index is 0.0946. The Morgan fingerprint density at radius 3 is 2.74 bits per heavy atom. The van der Waals surface area contributed by atoms with Crippen LogP contribution in [0.3, 0.4) is 0 Å². The summed E-state index contributed by atoms with van der Waals surface area (Å²) in [5.41, 5.74) is -0.707. The summed E-state index contributed by atoms with van der Waals surface area (Å²) in [7, 11) is 0. The van der Waals surface area contributed by atoms with Crippen molar-refractivity contribution in [2.24, 2.45) is 0 Å². The van der Waals surface area contributed by atoms with Gasteiger partial charge >= 0.3 is 0 Å². The first kappa shape index (κ1) is 15.0. The molecule has 0 saturated heterocycles. The highest BCUT2D eigenvalue weighted by atomic mass is 19.1. The zero-order valence-electron chi connectivity index (χ0n) is 10.3. The Hall–Kier alpha value is -2.02. The lowest BCUT2D eigenvalue weighted by Gasteiger charge is -2.05. The van der Waals surface area contributed by atoms with Gasteiger partial charge < -0.3 is 10.4 Å². The van der Waals surface area contributed by atoms with Crippen molar-refractivity contribution in [2.75, 3.05) is 13.2 Å². The predicted molar refractivity (Wildman–Crippen MR) is 66.3 cm³/mol. The first-order valence-corrected chi connectivity index (χ1v) is 5.89. The predicted octanol–water partition coefficient (Wildman–Crippen LogP) is 1.63. The molecule has 0 atom stereocenters. The van der Waals surface area contributed by atoms with Crippen LogP contribution in [0.2, 0.25) is 0 Å². The minimum atomic E-state index is -0.788. The van der Waals surface area contributed by atoms with E-state index in [-0.39, 0.29) is 12.2 Å². The first-order chi connectivity index (χ1) is 9.06. The molecular formula is C12H15FN2O4. The SMILES string of the molecule is O=C(NCCCCCO)c1ccc(F)cc1[N+](=O)[O-]. The third-order valence-electron chi connectivity index (χ3n) is 2.52. The number of carbonyl (C=O) groups is 1. The number of unbranched alkanes of at least 4 members (excludes halogenated alkanes) is 2. The highest BCUT2D eigenvalue weighted by Crippen LogP contribution is 2.19. The second-order valence-corrected chi connectivity index (χ2v) is 3.96. The molecular weight excluding hydrogens is 255 g/mol. The monoisotopic (exact) mass is 270 g/mol. The summed E-state index contributed by atoms with van der Waals surface area (Å²) in [5, 5.41) is 21.8. The van der Waals surface area contributed by atoms with Gasteiger partial charge in [-0.25, -0.2) is 4.39 Å². The summed E-state index contributed by atoms with van der Waals surface area (Å²) in [5.74, 6) is -1.36. The van der Waals surface area contributed by atoms with E-state index in [1.165, 1.54) is 0 Å². The van der Waals surface area contributed by atoms with E-state index < -0.39 is 22.3 Å². The fraction of sp³-hybridized carbons (Fsp3) is 0.417. The Morgan fingerprint density at radius 1 is 1.37 bits per heavy atom. The Kier molecular flexibility index (Phi) is 5.87. The van der Waals surface area contributed by atoms with Crippen LogP contribution < -0.4 is 5.32 Å². The molecule has 0 aliphatic heterocycles. The Labute approximate surface area is 109 Å². The standard InChI is InChI=1S/C12H15FN2O4/c13-9-4-5-10(11(8-9)15(18)19)12(17)14-6-2-1-3-7-16/h4-5,8,16H,1-3,6-7H2,(H,14,17). The van der Waals surface area contributed by atoms with E-state index >= 15 is 0 Å². The van der Waals surface area contributed by atoms with Crippen LogP contribution in [0.1, 0.15) is 29.6 Å². The van der Waals surface area contributed by atoms with Crippen molar-refractivity contribution in [2.45, 2.75) is 19.3 Å². The molecule has 7 heteroatoms. The number of aliphatic hydroxyl groups excluding tert-OH is 1. The van der Waals surface area contributed by atoms with Crippen LogP contribution in [-0.2, 0) is 0 Å². The van der Waals surface area contributed by atoms with Gasteiger partial charge in [0.25, 0.3) is 11.6 Å². The van der Waals surface area contributed by atoms with Gasteiger partial charge in [-0.2, -0.15) is 0 Å². The van der Waals surface area contributed by atoms with Gasteiger partial charge in [0.1, 0.15) is 11.4 Å². The third kappa shape index (κ3) is 4.63. The number of rotatable bonds is 7. The van der Waals surface area contributed by atoms with Gasteiger partial charge in [0.05, 0.1) is 11.0 Å². The summed E-state index contributed by atoms with van der Waals surface area (Å²) >= 11 is 0. The molecule has 0 aliphatic rings. The molecule has 0 saturated carbocycles. The van der Waals surface area contributed by atoms with Gasteiger partial charge in [0, 0.05) is 13.2 Å². The van der Waals surface area contributed by atoms with Crippen LogP contribution in [-0.4, -0.2) is 29.1 Å². The number of nitro benzene ring substituents is 1. The molecule has 1 aromatic carbocycles. The molecule has 1 aromatic rings. The van der Waals surface area contributed by atoms with Gasteiger partial charge in [-0.05, 0) is 31.4 Å². The fourth-order valence-electron chi connectivity index (χ4n) is 1.56. The molecule has 0 aromatic heterocycles. The number of nitro groups is 1. The van der Waals surface area contributed by atoms with Crippen LogP contribution in [0.15, 0.2) is 18.2 Å². The van der Waals surface area contributed by atoms with Gasteiger partial charge in [-0.3, -0.25) is 14.9 Å². The van der Waals surface area contributed by atoms with Crippen molar-refractivity contribution in [3.05, 3.63) is 39.7 Å². The molecule has 0 bridgehead atoms. The lowest BCUT2D eigenvalue weighted by Crippen LogP contribution is -2.25. The number of carbonyl (C=O) groups excluding carboxylic acids is 1. The normalized spacial score (nSPS) is 10.2. The Bertz CT molecular complexity index is 465. The smallest absolute Gasteiger partial charge is 0.285 e. The molecule has 19 heavy (non-hydrogen) atoms. The molecule has 0 unspecified atom stereocenters. The topological polar surface area (TPSA) is 92.5 Å². The number of aliphatic hydroxyl groups is 1. The van der Waals surface area contributed by atoms with E-state index in [1.54, 1.807) is 0 Å². The lowest BCUT2D eigenvalue weighted by atomic mass is 10.1. The lowest BCUT2D eigenvalue weighted by molar-refractivity contribution is -0.385. The number of hydrogen-bond acceptors (Lipinski definition) is 4. The number of benzene rings is 1.